The van der Waals surface area contributed by atoms with E-state index >= 15 is 0 Å². The molecule has 0 radical (unpaired) electrons. The number of hydrogen-bond donors (Lipinski definition) is 2. The third-order valence-corrected chi connectivity index (χ3v) is 4.68. The van der Waals surface area contributed by atoms with Crippen molar-refractivity contribution >= 4 is 22.5 Å². The van der Waals surface area contributed by atoms with Crippen molar-refractivity contribution in [1.29, 1.82) is 0 Å². The summed E-state index contributed by atoms with van der Waals surface area (Å²) in [5.41, 5.74) is 0.255. The van der Waals surface area contributed by atoms with Crippen LogP contribution < -0.4 is 16.6 Å². The van der Waals surface area contributed by atoms with Crippen LogP contribution in [0.5, 0.6) is 0 Å². The van der Waals surface area contributed by atoms with Gasteiger partial charge >= 0.3 is 5.69 Å². The molecule has 0 aliphatic carbocycles. The zero-order chi connectivity index (χ0) is 21.3. The second kappa shape index (κ2) is 7.75. The minimum Gasteiger partial charge on any atom is -0.321 e. The summed E-state index contributed by atoms with van der Waals surface area (Å²) in [5, 5.41) is 3.43. The molecule has 2 aromatic carbocycles. The summed E-state index contributed by atoms with van der Waals surface area (Å²) in [6.07, 6.45) is 1.06. The number of aryl methyl sites for hydroxylation is 1. The summed E-state index contributed by atoms with van der Waals surface area (Å²) < 4.78 is 14.8. The standard InChI is InChI=1S/C22H17FN4O3/c1-13-10-19(15-7-3-5-9-18(15)25-13)26-20(28)16-11-24-22(30)27(21(16)29)12-14-6-2-4-8-17(14)23/h2-11H,12H2,1H3,(H,24,30)(H,25,26,28). The van der Waals surface area contributed by atoms with Gasteiger partial charge in [0.1, 0.15) is 11.4 Å². The number of fused-ring (bicyclic) bond motifs is 1. The number of carbonyl (C=O) groups excluding carboxylic acids is 1. The fourth-order valence-electron chi connectivity index (χ4n) is 3.22. The van der Waals surface area contributed by atoms with E-state index in [2.05, 4.69) is 15.3 Å². The highest BCUT2D eigenvalue weighted by Gasteiger charge is 2.17. The Bertz CT molecular complexity index is 1390. The van der Waals surface area contributed by atoms with Crippen LogP contribution >= 0.6 is 0 Å². The number of anilines is 1. The molecule has 8 heteroatoms. The number of benzene rings is 2. The lowest BCUT2D eigenvalue weighted by molar-refractivity contribution is 0.102. The number of pyridine rings is 1. The molecular formula is C22H17FN4O3. The maximum absolute atomic E-state index is 14.0. The van der Waals surface area contributed by atoms with E-state index in [4.69, 9.17) is 0 Å². The number of aromatic amines is 1. The first-order chi connectivity index (χ1) is 14.4. The highest BCUT2D eigenvalue weighted by molar-refractivity contribution is 6.08. The second-order valence-electron chi connectivity index (χ2n) is 6.77. The molecule has 0 unspecified atom stereocenters. The molecule has 7 nitrogen and oxygen atoms in total. The summed E-state index contributed by atoms with van der Waals surface area (Å²) in [6.45, 7) is 1.50. The van der Waals surface area contributed by atoms with E-state index in [1.807, 2.05) is 18.2 Å². The van der Waals surface area contributed by atoms with Crippen molar-refractivity contribution < 1.29 is 9.18 Å². The Morgan fingerprint density at radius 2 is 1.87 bits per heavy atom. The van der Waals surface area contributed by atoms with Crippen LogP contribution in [-0.2, 0) is 6.54 Å². The molecule has 4 rings (SSSR count). The largest absolute Gasteiger partial charge is 0.328 e. The second-order valence-corrected chi connectivity index (χ2v) is 6.77. The lowest BCUT2D eigenvalue weighted by Gasteiger charge is -2.11. The smallest absolute Gasteiger partial charge is 0.321 e. The Morgan fingerprint density at radius 1 is 1.13 bits per heavy atom. The Balaban J connectivity index is 1.72. The van der Waals surface area contributed by atoms with Crippen molar-refractivity contribution in [3.8, 4) is 0 Å². The molecule has 0 spiro atoms. The summed E-state index contributed by atoms with van der Waals surface area (Å²) >= 11 is 0. The highest BCUT2D eigenvalue weighted by Crippen LogP contribution is 2.23. The molecule has 30 heavy (non-hydrogen) atoms. The molecule has 0 fully saturated rings. The number of carbonyl (C=O) groups is 1. The number of nitrogens with zero attached hydrogens (tertiary/aromatic N) is 2. The lowest BCUT2D eigenvalue weighted by Crippen LogP contribution is -2.39. The molecule has 0 atom stereocenters. The zero-order valence-corrected chi connectivity index (χ0v) is 16.0. The number of aromatic nitrogens is 3. The van der Waals surface area contributed by atoms with Crippen molar-refractivity contribution in [2.24, 2.45) is 0 Å². The molecule has 2 heterocycles. The van der Waals surface area contributed by atoms with Crippen molar-refractivity contribution in [3.63, 3.8) is 0 Å². The maximum atomic E-state index is 14.0. The van der Waals surface area contributed by atoms with Crippen LogP contribution in [0.3, 0.4) is 0 Å². The molecule has 2 N–H and O–H groups in total. The van der Waals surface area contributed by atoms with Crippen LogP contribution in [0.15, 0.2) is 70.4 Å². The van der Waals surface area contributed by atoms with Gasteiger partial charge in [-0.15, -0.1) is 0 Å². The third kappa shape index (κ3) is 3.62. The number of halogens is 1. The van der Waals surface area contributed by atoms with Gasteiger partial charge in [0, 0.05) is 22.8 Å². The average molecular weight is 404 g/mol. The first kappa shape index (κ1) is 19.3. The van der Waals surface area contributed by atoms with Crippen molar-refractivity contribution in [2.45, 2.75) is 13.5 Å². The third-order valence-electron chi connectivity index (χ3n) is 4.68. The van der Waals surface area contributed by atoms with E-state index in [0.29, 0.717) is 22.3 Å². The molecule has 150 valence electrons. The Morgan fingerprint density at radius 3 is 2.67 bits per heavy atom. The molecule has 0 aliphatic rings. The zero-order valence-electron chi connectivity index (χ0n) is 16.0. The van der Waals surface area contributed by atoms with Gasteiger partial charge in [-0.2, -0.15) is 0 Å². The topological polar surface area (TPSA) is 96.9 Å². The molecule has 0 saturated carbocycles. The van der Waals surface area contributed by atoms with Gasteiger partial charge in [0.15, 0.2) is 0 Å². The fourth-order valence-corrected chi connectivity index (χ4v) is 3.22. The first-order valence-electron chi connectivity index (χ1n) is 9.17. The van der Waals surface area contributed by atoms with Gasteiger partial charge in [-0.25, -0.2) is 9.18 Å². The van der Waals surface area contributed by atoms with Gasteiger partial charge in [-0.3, -0.25) is 19.1 Å². The predicted molar refractivity (Wildman–Crippen MR) is 111 cm³/mol. The molecule has 1 amide bonds. The van der Waals surface area contributed by atoms with E-state index in [1.54, 1.807) is 25.1 Å². The normalized spacial score (nSPS) is 10.9. The SMILES string of the molecule is Cc1cc(NC(=O)c2c[nH]c(=O)n(Cc3ccccc3F)c2=O)c2ccccc2n1. The number of rotatable bonds is 4. The fraction of sp³-hybridized carbons (Fsp3) is 0.0909. The summed E-state index contributed by atoms with van der Waals surface area (Å²) in [7, 11) is 0. The summed E-state index contributed by atoms with van der Waals surface area (Å²) in [6, 6.07) is 14.8. The van der Waals surface area contributed by atoms with E-state index in [-0.39, 0.29) is 17.7 Å². The molecular weight excluding hydrogens is 387 g/mol. The quantitative estimate of drug-likeness (QED) is 0.547. The Hall–Kier alpha value is -4.07. The number of nitrogens with one attached hydrogen (secondary N) is 2. The number of hydrogen-bond acceptors (Lipinski definition) is 4. The van der Waals surface area contributed by atoms with Crippen LogP contribution in [0.4, 0.5) is 10.1 Å². The Labute approximate surface area is 169 Å². The molecule has 4 aromatic rings. The minimum atomic E-state index is -0.811. The average Bonchev–Trinajstić information content (AvgIpc) is 2.72. The van der Waals surface area contributed by atoms with Crippen LogP contribution in [0.25, 0.3) is 10.9 Å². The van der Waals surface area contributed by atoms with Crippen LogP contribution in [0, 0.1) is 12.7 Å². The van der Waals surface area contributed by atoms with Crippen molar-refractivity contribution in [3.05, 3.63) is 104 Å². The van der Waals surface area contributed by atoms with Gasteiger partial charge < -0.3 is 10.3 Å². The maximum Gasteiger partial charge on any atom is 0.328 e. The van der Waals surface area contributed by atoms with Crippen molar-refractivity contribution in [2.75, 3.05) is 5.32 Å². The van der Waals surface area contributed by atoms with E-state index in [9.17, 15) is 18.8 Å². The van der Waals surface area contributed by atoms with Gasteiger partial charge in [-0.1, -0.05) is 36.4 Å². The minimum absolute atomic E-state index is 0.165. The van der Waals surface area contributed by atoms with E-state index in [1.165, 1.54) is 18.2 Å². The van der Waals surface area contributed by atoms with E-state index < -0.39 is 23.0 Å². The lowest BCUT2D eigenvalue weighted by atomic mass is 10.1. The number of para-hydroxylation sites is 1. The van der Waals surface area contributed by atoms with Crippen LogP contribution in [-0.4, -0.2) is 20.4 Å². The van der Waals surface area contributed by atoms with Crippen LogP contribution in [0.1, 0.15) is 21.6 Å². The van der Waals surface area contributed by atoms with Crippen molar-refractivity contribution in [1.82, 2.24) is 14.5 Å². The molecule has 0 aliphatic heterocycles. The summed E-state index contributed by atoms with van der Waals surface area (Å²) in [5.74, 6) is -1.23. The van der Waals surface area contributed by atoms with Gasteiger partial charge in [0.2, 0.25) is 0 Å². The monoisotopic (exact) mass is 404 g/mol. The van der Waals surface area contributed by atoms with Crippen LogP contribution in [0.2, 0.25) is 0 Å². The summed E-state index contributed by atoms with van der Waals surface area (Å²) in [4.78, 5) is 44.6. The van der Waals surface area contributed by atoms with Gasteiger partial charge in [0.05, 0.1) is 17.7 Å². The highest BCUT2D eigenvalue weighted by atomic mass is 19.1. The number of H-pyrrole nitrogens is 1. The first-order valence-corrected chi connectivity index (χ1v) is 9.17. The Kier molecular flexibility index (Phi) is 4.97. The molecule has 2 aromatic heterocycles. The number of amides is 1. The van der Waals surface area contributed by atoms with Gasteiger partial charge in [-0.05, 0) is 25.1 Å². The van der Waals surface area contributed by atoms with E-state index in [0.717, 1.165) is 10.8 Å². The van der Waals surface area contributed by atoms with Gasteiger partial charge in [0.25, 0.3) is 11.5 Å². The molecule has 0 saturated heterocycles. The predicted octanol–water partition coefficient (Wildman–Crippen LogP) is 2.83. The molecule has 0 bridgehead atoms.